The lowest BCUT2D eigenvalue weighted by Gasteiger charge is -2.30. The van der Waals surface area contributed by atoms with Crippen LogP contribution in [-0.2, 0) is 25.7 Å². The first-order valence-corrected chi connectivity index (χ1v) is 15.3. The van der Waals surface area contributed by atoms with E-state index in [1.54, 1.807) is 35.2 Å². The predicted molar refractivity (Wildman–Crippen MR) is 165 cm³/mol. The van der Waals surface area contributed by atoms with Crippen LogP contribution in [0.15, 0.2) is 48.5 Å². The van der Waals surface area contributed by atoms with E-state index < -0.39 is 29.8 Å². The zero-order valence-electron chi connectivity index (χ0n) is 25.2. The van der Waals surface area contributed by atoms with Crippen molar-refractivity contribution in [1.29, 1.82) is 0 Å². The summed E-state index contributed by atoms with van der Waals surface area (Å²) in [5.74, 6) is -1.33. The van der Waals surface area contributed by atoms with Gasteiger partial charge in [0, 0.05) is 18.1 Å². The highest BCUT2D eigenvalue weighted by Gasteiger charge is 2.31. The molecule has 0 radical (unpaired) electrons. The van der Waals surface area contributed by atoms with Crippen molar-refractivity contribution in [2.45, 2.75) is 65.1 Å². The van der Waals surface area contributed by atoms with Crippen molar-refractivity contribution in [2.24, 2.45) is 5.92 Å². The topological polar surface area (TPSA) is 126 Å². The quantitative estimate of drug-likeness (QED) is 0.331. The van der Waals surface area contributed by atoms with Crippen LogP contribution in [0.4, 0.5) is 0 Å². The number of carbonyl (C=O) groups excluding carboxylic acids is 4. The minimum Gasteiger partial charge on any atom is -0.491 e. The second kappa shape index (κ2) is 17.5. The van der Waals surface area contributed by atoms with Crippen LogP contribution < -0.4 is 20.7 Å². The molecule has 11 heteroatoms. The largest absolute Gasteiger partial charge is 0.491 e. The van der Waals surface area contributed by atoms with Gasteiger partial charge in [-0.15, -0.1) is 0 Å². The van der Waals surface area contributed by atoms with Crippen LogP contribution in [-0.4, -0.2) is 73.5 Å². The summed E-state index contributed by atoms with van der Waals surface area (Å²) in [6.07, 6.45) is 1.79. The van der Waals surface area contributed by atoms with Gasteiger partial charge in [-0.3, -0.25) is 19.2 Å². The summed E-state index contributed by atoms with van der Waals surface area (Å²) in [5, 5.41) is 8.85. The first-order chi connectivity index (χ1) is 20.7. The van der Waals surface area contributed by atoms with Gasteiger partial charge in [0.05, 0.1) is 31.7 Å². The average Bonchev–Trinajstić information content (AvgIpc) is 2.98. The van der Waals surface area contributed by atoms with Crippen LogP contribution in [0.2, 0.25) is 5.02 Å². The number of rotatable bonds is 11. The molecule has 0 spiro atoms. The molecular weight excluding hydrogens is 572 g/mol. The standard InChI is InChI=1S/C32H43ClN4O6/c1-4-5-15-37-16-18-43-28-13-9-7-11-24(28)30(39)36-26(20-29(38)35-27(32(37)41)19-22(2)3)31(40)34-14-17-42-21-23-10-6-8-12-25(23)33/h6-13,22,26-27H,4-5,14-21H2,1-3H3,(H,34,40)(H,35,38)(H,36,39)/t26-,27+/m1/s1. The Morgan fingerprint density at radius 2 is 1.86 bits per heavy atom. The maximum Gasteiger partial charge on any atom is 0.255 e. The van der Waals surface area contributed by atoms with E-state index >= 15 is 0 Å². The fourth-order valence-electron chi connectivity index (χ4n) is 4.69. The molecule has 0 bridgehead atoms. The van der Waals surface area contributed by atoms with Gasteiger partial charge in [-0.2, -0.15) is 0 Å². The summed E-state index contributed by atoms with van der Waals surface area (Å²) in [4.78, 5) is 55.2. The van der Waals surface area contributed by atoms with Crippen LogP contribution in [0, 0.1) is 5.92 Å². The number of para-hydroxylation sites is 1. The van der Waals surface area contributed by atoms with Crippen LogP contribution in [0.25, 0.3) is 0 Å². The molecule has 1 aliphatic heterocycles. The molecule has 0 saturated heterocycles. The highest BCUT2D eigenvalue weighted by molar-refractivity contribution is 6.31. The van der Waals surface area contributed by atoms with Crippen molar-refractivity contribution >= 4 is 35.2 Å². The lowest BCUT2D eigenvalue weighted by atomic mass is 10.0. The Balaban J connectivity index is 1.77. The van der Waals surface area contributed by atoms with E-state index in [0.717, 1.165) is 18.4 Å². The fraction of sp³-hybridized carbons (Fsp3) is 0.500. The number of halogens is 1. The molecule has 3 N–H and O–H groups in total. The monoisotopic (exact) mass is 614 g/mol. The van der Waals surface area contributed by atoms with Gasteiger partial charge in [0.1, 0.15) is 24.4 Å². The summed E-state index contributed by atoms with van der Waals surface area (Å²) in [5.41, 5.74) is 1.05. The average molecular weight is 615 g/mol. The molecule has 0 saturated carbocycles. The van der Waals surface area contributed by atoms with E-state index in [1.165, 1.54) is 0 Å². The van der Waals surface area contributed by atoms with Crippen LogP contribution in [0.3, 0.4) is 0 Å². The molecule has 0 unspecified atom stereocenters. The predicted octanol–water partition coefficient (Wildman–Crippen LogP) is 3.71. The third-order valence-electron chi connectivity index (χ3n) is 6.96. The molecule has 2 aromatic carbocycles. The molecular formula is C32H43ClN4O6. The molecule has 43 heavy (non-hydrogen) atoms. The lowest BCUT2D eigenvalue weighted by molar-refractivity contribution is -0.137. The number of benzene rings is 2. The van der Waals surface area contributed by atoms with E-state index in [2.05, 4.69) is 16.0 Å². The number of carbonyl (C=O) groups is 4. The van der Waals surface area contributed by atoms with Gasteiger partial charge in [-0.1, -0.05) is 69.1 Å². The molecule has 3 rings (SSSR count). The van der Waals surface area contributed by atoms with E-state index in [1.807, 2.05) is 39.0 Å². The van der Waals surface area contributed by atoms with Crippen molar-refractivity contribution < 1.29 is 28.7 Å². The minimum atomic E-state index is -1.20. The zero-order chi connectivity index (χ0) is 31.2. The first-order valence-electron chi connectivity index (χ1n) is 14.9. The second-order valence-corrected chi connectivity index (χ2v) is 11.3. The maximum absolute atomic E-state index is 13.6. The molecule has 0 fully saturated rings. The number of amides is 4. The third-order valence-corrected chi connectivity index (χ3v) is 7.33. The van der Waals surface area contributed by atoms with E-state index in [0.29, 0.717) is 30.3 Å². The fourth-order valence-corrected chi connectivity index (χ4v) is 4.88. The number of fused-ring (bicyclic) bond motifs is 1. The number of unbranched alkanes of at least 4 members (excludes halogenated alkanes) is 1. The number of nitrogens with zero attached hydrogens (tertiary/aromatic N) is 1. The third kappa shape index (κ3) is 10.9. The van der Waals surface area contributed by atoms with Crippen molar-refractivity contribution in [3.8, 4) is 5.75 Å². The Morgan fingerprint density at radius 3 is 2.60 bits per heavy atom. The second-order valence-electron chi connectivity index (χ2n) is 10.9. The molecule has 0 aromatic heterocycles. The first kappa shape index (κ1) is 33.9. The minimum absolute atomic E-state index is 0.133. The Kier molecular flexibility index (Phi) is 13.8. The smallest absolute Gasteiger partial charge is 0.255 e. The van der Waals surface area contributed by atoms with Crippen molar-refractivity contribution in [1.82, 2.24) is 20.9 Å². The number of hydrogen-bond acceptors (Lipinski definition) is 6. The Bertz CT molecular complexity index is 1240. The lowest BCUT2D eigenvalue weighted by Crippen LogP contribution is -2.53. The molecule has 2 atom stereocenters. The van der Waals surface area contributed by atoms with Crippen LogP contribution in [0.1, 0.15) is 62.4 Å². The molecule has 1 aliphatic rings. The summed E-state index contributed by atoms with van der Waals surface area (Å²) < 4.78 is 11.6. The summed E-state index contributed by atoms with van der Waals surface area (Å²) in [6.45, 7) is 7.62. The summed E-state index contributed by atoms with van der Waals surface area (Å²) in [6, 6.07) is 12.0. The van der Waals surface area contributed by atoms with E-state index in [4.69, 9.17) is 21.1 Å². The van der Waals surface area contributed by atoms with Gasteiger partial charge in [-0.25, -0.2) is 0 Å². The van der Waals surface area contributed by atoms with Gasteiger partial charge in [-0.05, 0) is 42.5 Å². The van der Waals surface area contributed by atoms with Crippen molar-refractivity contribution in [3.63, 3.8) is 0 Å². The van der Waals surface area contributed by atoms with Gasteiger partial charge in [0.2, 0.25) is 17.7 Å². The number of nitrogens with one attached hydrogen (secondary N) is 3. The van der Waals surface area contributed by atoms with Gasteiger partial charge in [0.15, 0.2) is 0 Å². The van der Waals surface area contributed by atoms with E-state index in [9.17, 15) is 19.2 Å². The zero-order valence-corrected chi connectivity index (χ0v) is 26.0. The highest BCUT2D eigenvalue weighted by Crippen LogP contribution is 2.19. The molecule has 10 nitrogen and oxygen atoms in total. The van der Waals surface area contributed by atoms with Gasteiger partial charge >= 0.3 is 0 Å². The van der Waals surface area contributed by atoms with Crippen LogP contribution >= 0.6 is 11.6 Å². The molecule has 2 aromatic rings. The van der Waals surface area contributed by atoms with Gasteiger partial charge in [0.25, 0.3) is 5.91 Å². The number of ether oxygens (including phenoxy) is 2. The highest BCUT2D eigenvalue weighted by atomic mass is 35.5. The van der Waals surface area contributed by atoms with Crippen molar-refractivity contribution in [3.05, 3.63) is 64.7 Å². The number of hydrogen-bond donors (Lipinski definition) is 3. The van der Waals surface area contributed by atoms with E-state index in [-0.39, 0.29) is 50.2 Å². The Hall–Kier alpha value is -3.63. The molecule has 234 valence electrons. The Morgan fingerprint density at radius 1 is 1.12 bits per heavy atom. The SMILES string of the molecule is CCCCN1CCOc2ccccc2C(=O)N[C@@H](C(=O)NCCOCc2ccccc2Cl)CC(=O)N[C@@H](CC(C)C)C1=O. The Labute approximate surface area is 258 Å². The summed E-state index contributed by atoms with van der Waals surface area (Å²) in [7, 11) is 0. The maximum atomic E-state index is 13.6. The molecule has 1 heterocycles. The van der Waals surface area contributed by atoms with Crippen molar-refractivity contribution in [2.75, 3.05) is 32.8 Å². The van der Waals surface area contributed by atoms with Gasteiger partial charge < -0.3 is 30.3 Å². The van der Waals surface area contributed by atoms with Crippen LogP contribution in [0.5, 0.6) is 5.75 Å². The molecule has 0 aliphatic carbocycles. The normalized spacial score (nSPS) is 18.3. The summed E-state index contributed by atoms with van der Waals surface area (Å²) >= 11 is 6.16. The molecule has 4 amide bonds.